The zero-order chi connectivity index (χ0) is 6.74. The van der Waals surface area contributed by atoms with Crippen molar-refractivity contribution >= 4 is 22.6 Å². The minimum absolute atomic E-state index is 0.628. The molecule has 0 aromatic carbocycles. The predicted octanol–water partition coefficient (Wildman–Crippen LogP) is 1.95. The first-order valence-electron chi connectivity index (χ1n) is 3.66. The number of hydrogen-bond donors (Lipinski definition) is 1. The van der Waals surface area contributed by atoms with Crippen molar-refractivity contribution in [3.8, 4) is 0 Å². The third-order valence-corrected chi connectivity index (χ3v) is 3.97. The lowest BCUT2D eigenvalue weighted by Crippen LogP contribution is -2.36. The Morgan fingerprint density at radius 3 is 2.33 bits per heavy atom. The van der Waals surface area contributed by atoms with E-state index in [1.165, 1.54) is 32.4 Å². The monoisotopic (exact) mass is 239 g/mol. The molecule has 2 heteroatoms. The highest BCUT2D eigenvalue weighted by Gasteiger charge is 2.25. The molecule has 1 rings (SSSR count). The second-order valence-electron chi connectivity index (χ2n) is 2.75. The molecule has 1 nitrogen and oxygen atoms in total. The van der Waals surface area contributed by atoms with Gasteiger partial charge in [0.05, 0.1) is 0 Å². The van der Waals surface area contributed by atoms with Crippen LogP contribution >= 0.6 is 22.6 Å². The Morgan fingerprint density at radius 2 is 2.00 bits per heavy atom. The number of piperidine rings is 1. The molecule has 1 saturated heterocycles. The minimum atomic E-state index is 0.628. The summed E-state index contributed by atoms with van der Waals surface area (Å²) in [4.78, 5) is 0. The van der Waals surface area contributed by atoms with Crippen LogP contribution in [0.5, 0.6) is 0 Å². The van der Waals surface area contributed by atoms with Crippen molar-refractivity contribution < 1.29 is 0 Å². The summed E-state index contributed by atoms with van der Waals surface area (Å²) in [5.41, 5.74) is 0. The summed E-state index contributed by atoms with van der Waals surface area (Å²) in [7, 11) is 0. The normalized spacial score (nSPS) is 26.0. The molecule has 0 aliphatic carbocycles. The van der Waals surface area contributed by atoms with Gasteiger partial charge in [0.15, 0.2) is 0 Å². The lowest BCUT2D eigenvalue weighted by Gasteiger charge is -2.30. The molecule has 54 valence electrons. The van der Waals surface area contributed by atoms with Gasteiger partial charge in [-0.25, -0.2) is 0 Å². The van der Waals surface area contributed by atoms with Crippen molar-refractivity contribution in [3.05, 3.63) is 0 Å². The van der Waals surface area contributed by atoms with Crippen LogP contribution in [0.2, 0.25) is 0 Å². The van der Waals surface area contributed by atoms with Crippen molar-refractivity contribution in [3.63, 3.8) is 0 Å². The maximum absolute atomic E-state index is 3.37. The molecule has 1 heterocycles. The summed E-state index contributed by atoms with van der Waals surface area (Å²) in [5.74, 6) is 0. The van der Waals surface area contributed by atoms with Gasteiger partial charge in [0, 0.05) is 3.42 Å². The van der Waals surface area contributed by atoms with Crippen molar-refractivity contribution in [1.82, 2.24) is 5.32 Å². The molecule has 0 aromatic heterocycles. The zero-order valence-electron chi connectivity index (χ0n) is 5.91. The van der Waals surface area contributed by atoms with Crippen LogP contribution in [-0.4, -0.2) is 16.5 Å². The van der Waals surface area contributed by atoms with E-state index >= 15 is 0 Å². The van der Waals surface area contributed by atoms with Crippen molar-refractivity contribution in [2.75, 3.05) is 13.1 Å². The van der Waals surface area contributed by atoms with E-state index in [1.54, 1.807) is 0 Å². The lowest BCUT2D eigenvalue weighted by molar-refractivity contribution is 0.423. The van der Waals surface area contributed by atoms with Gasteiger partial charge in [0.1, 0.15) is 0 Å². The molecule has 0 saturated carbocycles. The lowest BCUT2D eigenvalue weighted by atomic mass is 9.96. The highest BCUT2D eigenvalue weighted by atomic mass is 127. The SMILES string of the molecule is CCC1(I)CCNCC1. The fraction of sp³-hybridized carbons (Fsp3) is 1.00. The van der Waals surface area contributed by atoms with E-state index in [0.29, 0.717) is 3.42 Å². The maximum atomic E-state index is 3.37. The molecule has 9 heavy (non-hydrogen) atoms. The van der Waals surface area contributed by atoms with Crippen LogP contribution in [0.3, 0.4) is 0 Å². The van der Waals surface area contributed by atoms with Gasteiger partial charge in [-0.2, -0.15) is 0 Å². The molecule has 0 amide bonds. The predicted molar refractivity (Wildman–Crippen MR) is 49.1 cm³/mol. The Hall–Kier alpha value is 0.690. The van der Waals surface area contributed by atoms with Crippen molar-refractivity contribution in [1.29, 1.82) is 0 Å². The Labute approximate surface area is 70.7 Å². The van der Waals surface area contributed by atoms with Crippen LogP contribution in [-0.2, 0) is 0 Å². The highest BCUT2D eigenvalue weighted by molar-refractivity contribution is 14.1. The second-order valence-corrected chi connectivity index (χ2v) is 5.04. The number of alkyl halides is 1. The summed E-state index contributed by atoms with van der Waals surface area (Å²) in [5, 5.41) is 3.37. The van der Waals surface area contributed by atoms with Crippen LogP contribution in [0.1, 0.15) is 26.2 Å². The Morgan fingerprint density at radius 1 is 1.44 bits per heavy atom. The molecular weight excluding hydrogens is 225 g/mol. The third kappa shape index (κ3) is 2.08. The van der Waals surface area contributed by atoms with Crippen LogP contribution in [0.15, 0.2) is 0 Å². The summed E-state index contributed by atoms with van der Waals surface area (Å²) in [6, 6.07) is 0. The highest BCUT2D eigenvalue weighted by Crippen LogP contribution is 2.32. The third-order valence-electron chi connectivity index (χ3n) is 2.13. The zero-order valence-corrected chi connectivity index (χ0v) is 8.07. The van der Waals surface area contributed by atoms with Gasteiger partial charge in [-0.3, -0.25) is 0 Å². The Balaban J connectivity index is 2.37. The van der Waals surface area contributed by atoms with Gasteiger partial charge in [-0.1, -0.05) is 29.5 Å². The summed E-state index contributed by atoms with van der Waals surface area (Å²) < 4.78 is 0.628. The second kappa shape index (κ2) is 3.19. The molecule has 0 unspecified atom stereocenters. The van der Waals surface area contributed by atoms with Gasteiger partial charge >= 0.3 is 0 Å². The molecule has 0 spiro atoms. The standard InChI is InChI=1S/C7H14IN/c1-2-7(8)3-5-9-6-4-7/h9H,2-6H2,1H3. The van der Waals surface area contributed by atoms with Crippen molar-refractivity contribution in [2.24, 2.45) is 0 Å². The summed E-state index contributed by atoms with van der Waals surface area (Å²) in [6.07, 6.45) is 4.03. The van der Waals surface area contributed by atoms with E-state index in [4.69, 9.17) is 0 Å². The first-order valence-corrected chi connectivity index (χ1v) is 4.74. The fourth-order valence-corrected chi connectivity index (χ4v) is 1.77. The van der Waals surface area contributed by atoms with Crippen LogP contribution in [0.4, 0.5) is 0 Å². The number of halogens is 1. The molecule has 1 fully saturated rings. The average Bonchev–Trinajstić information content (AvgIpc) is 1.90. The summed E-state index contributed by atoms with van der Waals surface area (Å²) >= 11 is 2.61. The van der Waals surface area contributed by atoms with E-state index in [2.05, 4.69) is 34.8 Å². The first kappa shape index (κ1) is 7.79. The van der Waals surface area contributed by atoms with E-state index in [-0.39, 0.29) is 0 Å². The molecule has 0 aromatic rings. The molecule has 1 aliphatic rings. The number of rotatable bonds is 1. The smallest absolute Gasteiger partial charge is 0.0244 e. The largest absolute Gasteiger partial charge is 0.317 e. The quantitative estimate of drug-likeness (QED) is 0.544. The van der Waals surface area contributed by atoms with Gasteiger partial charge in [0.25, 0.3) is 0 Å². The molecule has 1 N–H and O–H groups in total. The Bertz CT molecular complexity index is 86.9. The van der Waals surface area contributed by atoms with E-state index < -0.39 is 0 Å². The van der Waals surface area contributed by atoms with E-state index in [9.17, 15) is 0 Å². The van der Waals surface area contributed by atoms with Gasteiger partial charge in [0.2, 0.25) is 0 Å². The van der Waals surface area contributed by atoms with E-state index in [1.807, 2.05) is 0 Å². The number of nitrogens with one attached hydrogen (secondary N) is 1. The van der Waals surface area contributed by atoms with Gasteiger partial charge < -0.3 is 5.32 Å². The van der Waals surface area contributed by atoms with E-state index in [0.717, 1.165) is 0 Å². The molecule has 1 aliphatic heterocycles. The van der Waals surface area contributed by atoms with Crippen LogP contribution in [0, 0.1) is 0 Å². The first-order chi connectivity index (χ1) is 4.27. The van der Waals surface area contributed by atoms with Crippen LogP contribution < -0.4 is 5.32 Å². The van der Waals surface area contributed by atoms with Crippen LogP contribution in [0.25, 0.3) is 0 Å². The molecule has 0 bridgehead atoms. The molecular formula is C7H14IN. The molecule has 0 atom stereocenters. The van der Waals surface area contributed by atoms with Gasteiger partial charge in [-0.05, 0) is 32.4 Å². The molecule has 0 radical (unpaired) electrons. The maximum Gasteiger partial charge on any atom is 0.0244 e. The summed E-state index contributed by atoms with van der Waals surface area (Å²) in [6.45, 7) is 4.73. The Kier molecular flexibility index (Phi) is 2.76. The fourth-order valence-electron chi connectivity index (χ4n) is 1.23. The number of hydrogen-bond acceptors (Lipinski definition) is 1. The average molecular weight is 239 g/mol. The topological polar surface area (TPSA) is 12.0 Å². The minimum Gasteiger partial charge on any atom is -0.317 e. The van der Waals surface area contributed by atoms with Gasteiger partial charge in [-0.15, -0.1) is 0 Å². The van der Waals surface area contributed by atoms with Crippen molar-refractivity contribution in [2.45, 2.75) is 29.6 Å².